The quantitative estimate of drug-likeness (QED) is 0.780. The molecule has 0 saturated carbocycles. The molecule has 0 bridgehead atoms. The van der Waals surface area contributed by atoms with Crippen LogP contribution in [0.25, 0.3) is 10.1 Å². The number of hydrogen-bond acceptors (Lipinski definition) is 3. The molecule has 0 aliphatic carbocycles. The number of anilines is 1. The smallest absolute Gasteiger partial charge is 0.259 e. The van der Waals surface area contributed by atoms with Crippen LogP contribution in [-0.4, -0.2) is 10.5 Å². The van der Waals surface area contributed by atoms with Gasteiger partial charge in [0.15, 0.2) is 0 Å². The molecule has 3 rings (SSSR count). The van der Waals surface area contributed by atoms with E-state index in [9.17, 15) is 9.59 Å². The highest BCUT2D eigenvalue weighted by atomic mass is 35.5. The van der Waals surface area contributed by atoms with Gasteiger partial charge in [-0.1, -0.05) is 11.6 Å². The van der Waals surface area contributed by atoms with Gasteiger partial charge < -0.3 is 9.88 Å². The van der Waals surface area contributed by atoms with Gasteiger partial charge in [-0.05, 0) is 49.7 Å². The molecule has 23 heavy (non-hydrogen) atoms. The van der Waals surface area contributed by atoms with Crippen molar-refractivity contribution < 1.29 is 4.79 Å². The van der Waals surface area contributed by atoms with Gasteiger partial charge in [0.25, 0.3) is 5.56 Å². The number of rotatable bonds is 3. The van der Waals surface area contributed by atoms with Crippen LogP contribution in [0.5, 0.6) is 0 Å². The van der Waals surface area contributed by atoms with E-state index in [0.29, 0.717) is 16.1 Å². The lowest BCUT2D eigenvalue weighted by Gasteiger charge is -2.10. The summed E-state index contributed by atoms with van der Waals surface area (Å²) in [6, 6.07) is 8.99. The largest absolute Gasteiger partial charge is 0.324 e. The second-order valence-electron chi connectivity index (χ2n) is 5.39. The molecule has 6 heteroatoms. The van der Waals surface area contributed by atoms with E-state index in [1.165, 1.54) is 4.57 Å². The number of amides is 1. The van der Waals surface area contributed by atoms with Crippen LogP contribution in [0.1, 0.15) is 10.4 Å². The zero-order valence-corrected chi connectivity index (χ0v) is 14.3. The number of nitrogens with one attached hydrogen (secondary N) is 1. The molecule has 1 N–H and O–H groups in total. The van der Waals surface area contributed by atoms with Crippen LogP contribution in [0.4, 0.5) is 5.69 Å². The fraction of sp³-hybridized carbons (Fsp3) is 0.176. The highest BCUT2D eigenvalue weighted by Gasteiger charge is 2.10. The van der Waals surface area contributed by atoms with Gasteiger partial charge in [-0.3, -0.25) is 9.59 Å². The molecule has 0 atom stereocenters. The van der Waals surface area contributed by atoms with Crippen LogP contribution in [-0.2, 0) is 11.3 Å². The van der Waals surface area contributed by atoms with E-state index in [0.717, 1.165) is 15.1 Å². The SMILES string of the molecule is Cc1cc2c(=O)n(CC(=O)Nc3ccc(Cl)cc3C)ccc2s1. The van der Waals surface area contributed by atoms with Crippen LogP contribution in [0.3, 0.4) is 0 Å². The third-order valence-electron chi connectivity index (χ3n) is 3.56. The Balaban J connectivity index is 1.82. The van der Waals surface area contributed by atoms with E-state index in [2.05, 4.69) is 5.32 Å². The molecular weight excluding hydrogens is 332 g/mol. The van der Waals surface area contributed by atoms with Gasteiger partial charge in [0.2, 0.25) is 5.91 Å². The Kier molecular flexibility index (Phi) is 4.24. The standard InChI is InChI=1S/C17H15ClN2O2S/c1-10-7-12(18)3-4-14(10)19-16(21)9-20-6-5-15-13(17(20)22)8-11(2)23-15/h3-8H,9H2,1-2H3,(H,19,21). The van der Waals surface area contributed by atoms with Crippen LogP contribution in [0, 0.1) is 13.8 Å². The molecule has 0 spiro atoms. The van der Waals surface area contributed by atoms with Crippen molar-refractivity contribution in [1.82, 2.24) is 4.57 Å². The minimum absolute atomic E-state index is 0.0221. The van der Waals surface area contributed by atoms with Gasteiger partial charge in [0.1, 0.15) is 6.54 Å². The Labute approximate surface area is 142 Å². The molecule has 1 amide bonds. The number of thiophene rings is 1. The van der Waals surface area contributed by atoms with Gasteiger partial charge in [-0.15, -0.1) is 11.3 Å². The first-order valence-corrected chi connectivity index (χ1v) is 8.29. The Bertz CT molecular complexity index is 959. The molecule has 2 heterocycles. The van der Waals surface area contributed by atoms with Crippen molar-refractivity contribution in [2.24, 2.45) is 0 Å². The number of aryl methyl sites for hydroxylation is 2. The first-order chi connectivity index (χ1) is 10.9. The third-order valence-corrected chi connectivity index (χ3v) is 4.81. The number of benzene rings is 1. The van der Waals surface area contributed by atoms with E-state index >= 15 is 0 Å². The molecule has 0 fully saturated rings. The maximum absolute atomic E-state index is 12.4. The Morgan fingerprint density at radius 1 is 1.26 bits per heavy atom. The van der Waals surface area contributed by atoms with Gasteiger partial charge in [-0.25, -0.2) is 0 Å². The van der Waals surface area contributed by atoms with Crippen molar-refractivity contribution in [2.75, 3.05) is 5.32 Å². The summed E-state index contributed by atoms with van der Waals surface area (Å²) in [5, 5.41) is 4.09. The summed E-state index contributed by atoms with van der Waals surface area (Å²) < 4.78 is 2.37. The maximum atomic E-state index is 12.4. The molecule has 1 aromatic carbocycles. The number of carbonyl (C=O) groups is 1. The number of aromatic nitrogens is 1. The van der Waals surface area contributed by atoms with E-state index in [-0.39, 0.29) is 18.0 Å². The summed E-state index contributed by atoms with van der Waals surface area (Å²) in [5.74, 6) is -0.246. The number of nitrogens with zero attached hydrogens (tertiary/aromatic N) is 1. The number of pyridine rings is 1. The Hall–Kier alpha value is -2.11. The summed E-state index contributed by atoms with van der Waals surface area (Å²) in [5.41, 5.74) is 1.43. The summed E-state index contributed by atoms with van der Waals surface area (Å²) >= 11 is 7.48. The second kappa shape index (κ2) is 6.18. The predicted molar refractivity (Wildman–Crippen MR) is 95.6 cm³/mol. The van der Waals surface area contributed by atoms with Crippen molar-refractivity contribution in [3.63, 3.8) is 0 Å². The van der Waals surface area contributed by atoms with E-state index in [1.807, 2.05) is 26.0 Å². The normalized spacial score (nSPS) is 10.9. The van der Waals surface area contributed by atoms with Crippen molar-refractivity contribution in [2.45, 2.75) is 20.4 Å². The van der Waals surface area contributed by atoms with Gasteiger partial charge >= 0.3 is 0 Å². The topological polar surface area (TPSA) is 51.1 Å². The number of carbonyl (C=O) groups excluding carboxylic acids is 1. The molecule has 3 aromatic rings. The predicted octanol–water partition coefficient (Wildman–Crippen LogP) is 3.97. The molecule has 0 aliphatic heterocycles. The third kappa shape index (κ3) is 3.30. The molecular formula is C17H15ClN2O2S. The molecule has 2 aromatic heterocycles. The lowest BCUT2D eigenvalue weighted by atomic mass is 10.2. The molecule has 0 unspecified atom stereocenters. The first kappa shape index (κ1) is 15.8. The maximum Gasteiger partial charge on any atom is 0.259 e. The number of hydrogen-bond donors (Lipinski definition) is 1. The van der Waals surface area contributed by atoms with E-state index in [4.69, 9.17) is 11.6 Å². The van der Waals surface area contributed by atoms with Crippen molar-refractivity contribution >= 4 is 44.6 Å². The van der Waals surface area contributed by atoms with Crippen LogP contribution < -0.4 is 10.9 Å². The van der Waals surface area contributed by atoms with Crippen LogP contribution in [0.15, 0.2) is 41.3 Å². The fourth-order valence-corrected chi connectivity index (χ4v) is 3.57. The summed E-state index contributed by atoms with van der Waals surface area (Å²) in [6.45, 7) is 3.81. The molecule has 118 valence electrons. The van der Waals surface area contributed by atoms with Gasteiger partial charge in [-0.2, -0.15) is 0 Å². The number of halogens is 1. The lowest BCUT2D eigenvalue weighted by molar-refractivity contribution is -0.116. The highest BCUT2D eigenvalue weighted by Crippen LogP contribution is 2.22. The zero-order valence-electron chi connectivity index (χ0n) is 12.7. The number of fused-ring (bicyclic) bond motifs is 1. The molecule has 4 nitrogen and oxygen atoms in total. The zero-order chi connectivity index (χ0) is 16.6. The van der Waals surface area contributed by atoms with Gasteiger partial charge in [0.05, 0.1) is 5.39 Å². The molecule has 0 radical (unpaired) electrons. The average molecular weight is 347 g/mol. The minimum atomic E-state index is -0.246. The Morgan fingerprint density at radius 3 is 2.78 bits per heavy atom. The van der Waals surface area contributed by atoms with Crippen molar-refractivity contribution in [1.29, 1.82) is 0 Å². The molecule has 0 saturated heterocycles. The first-order valence-electron chi connectivity index (χ1n) is 7.09. The monoisotopic (exact) mass is 346 g/mol. The second-order valence-corrected chi connectivity index (χ2v) is 7.12. The lowest BCUT2D eigenvalue weighted by Crippen LogP contribution is -2.27. The summed E-state index contributed by atoms with van der Waals surface area (Å²) in [4.78, 5) is 25.7. The van der Waals surface area contributed by atoms with Gasteiger partial charge in [0, 0.05) is 26.5 Å². The summed E-state index contributed by atoms with van der Waals surface area (Å²) in [7, 11) is 0. The van der Waals surface area contributed by atoms with Crippen molar-refractivity contribution in [3.05, 3.63) is 62.3 Å². The fourth-order valence-electron chi connectivity index (χ4n) is 2.44. The molecule has 0 aliphatic rings. The summed E-state index contributed by atoms with van der Waals surface area (Å²) in [6.07, 6.45) is 1.66. The Morgan fingerprint density at radius 2 is 2.04 bits per heavy atom. The average Bonchev–Trinajstić information content (AvgIpc) is 2.87. The van der Waals surface area contributed by atoms with Crippen LogP contribution in [0.2, 0.25) is 5.02 Å². The van der Waals surface area contributed by atoms with Crippen LogP contribution >= 0.6 is 22.9 Å². The minimum Gasteiger partial charge on any atom is -0.324 e. The van der Waals surface area contributed by atoms with E-state index in [1.54, 1.807) is 35.7 Å². The highest BCUT2D eigenvalue weighted by molar-refractivity contribution is 7.18. The van der Waals surface area contributed by atoms with E-state index < -0.39 is 0 Å². The van der Waals surface area contributed by atoms with Crippen molar-refractivity contribution in [3.8, 4) is 0 Å².